The molecule has 0 aliphatic heterocycles. The van der Waals surface area contributed by atoms with Gasteiger partial charge < -0.3 is 5.73 Å². The van der Waals surface area contributed by atoms with Crippen molar-refractivity contribution in [1.29, 1.82) is 0 Å². The van der Waals surface area contributed by atoms with Crippen LogP contribution in [0.25, 0.3) is 0 Å². The molecule has 0 spiro atoms. The highest BCUT2D eigenvalue weighted by Gasteiger charge is 2.02. The Morgan fingerprint density at radius 2 is 2.44 bits per heavy atom. The first kappa shape index (κ1) is 6.16. The molecule has 1 aromatic heterocycles. The smallest absolute Gasteiger partial charge is 0.266 e. The van der Waals surface area contributed by atoms with Gasteiger partial charge in [0.2, 0.25) is 0 Å². The standard InChI is InChI=1S/C5H5ClN2O/c6-8-3-1-2-4(8)5(7)9/h1-3H,(H2,7,9). The quantitative estimate of drug-likeness (QED) is 0.616. The fraction of sp³-hybridized carbons (Fsp3) is 0. The number of nitrogens with two attached hydrogens (primary N) is 1. The summed E-state index contributed by atoms with van der Waals surface area (Å²) in [7, 11) is 0. The van der Waals surface area contributed by atoms with Crippen molar-refractivity contribution in [2.24, 2.45) is 5.73 Å². The summed E-state index contributed by atoms with van der Waals surface area (Å²) in [6.07, 6.45) is 1.54. The van der Waals surface area contributed by atoms with Crippen LogP contribution in [0.3, 0.4) is 0 Å². The van der Waals surface area contributed by atoms with Crippen molar-refractivity contribution >= 4 is 17.7 Å². The maximum Gasteiger partial charge on any atom is 0.266 e. The van der Waals surface area contributed by atoms with Crippen molar-refractivity contribution in [2.45, 2.75) is 0 Å². The summed E-state index contributed by atoms with van der Waals surface area (Å²) >= 11 is 5.45. The summed E-state index contributed by atoms with van der Waals surface area (Å²) < 4.78 is 1.16. The normalized spacial score (nSPS) is 9.44. The lowest BCUT2D eigenvalue weighted by Gasteiger charge is -1.90. The zero-order valence-corrected chi connectivity index (χ0v) is 5.30. The summed E-state index contributed by atoms with van der Waals surface area (Å²) in [6.45, 7) is 0. The third kappa shape index (κ3) is 1.05. The highest BCUT2D eigenvalue weighted by Crippen LogP contribution is 2.01. The maximum atomic E-state index is 10.4. The molecule has 0 fully saturated rings. The fourth-order valence-corrected chi connectivity index (χ4v) is 0.753. The number of carbonyl (C=O) groups excluding carboxylic acids is 1. The number of amides is 1. The molecule has 0 saturated heterocycles. The summed E-state index contributed by atoms with van der Waals surface area (Å²) in [5.74, 6) is -0.519. The number of hydrogen-bond donors (Lipinski definition) is 1. The van der Waals surface area contributed by atoms with Crippen LogP contribution in [0, 0.1) is 0 Å². The molecule has 48 valence electrons. The molecule has 0 aliphatic carbocycles. The molecule has 1 amide bonds. The van der Waals surface area contributed by atoms with Crippen molar-refractivity contribution < 1.29 is 4.79 Å². The second-order valence-corrected chi connectivity index (χ2v) is 1.93. The Kier molecular flexibility index (Phi) is 1.44. The zero-order chi connectivity index (χ0) is 6.85. The van der Waals surface area contributed by atoms with E-state index in [1.54, 1.807) is 18.3 Å². The van der Waals surface area contributed by atoms with Crippen LogP contribution in [0.15, 0.2) is 18.3 Å². The Labute approximate surface area is 57.1 Å². The van der Waals surface area contributed by atoms with E-state index in [9.17, 15) is 4.79 Å². The van der Waals surface area contributed by atoms with Crippen LogP contribution in [-0.4, -0.2) is 9.99 Å². The van der Waals surface area contributed by atoms with Gasteiger partial charge in [0, 0.05) is 18.0 Å². The molecule has 0 bridgehead atoms. The summed E-state index contributed by atoms with van der Waals surface area (Å²) in [5.41, 5.74) is 5.22. The Bertz CT molecular complexity index is 231. The summed E-state index contributed by atoms with van der Waals surface area (Å²) in [6, 6.07) is 3.20. The third-order valence-electron chi connectivity index (χ3n) is 0.954. The van der Waals surface area contributed by atoms with Crippen molar-refractivity contribution in [2.75, 3.05) is 0 Å². The molecule has 0 atom stereocenters. The molecule has 2 N–H and O–H groups in total. The largest absolute Gasteiger partial charge is 0.364 e. The second-order valence-electron chi connectivity index (χ2n) is 1.57. The van der Waals surface area contributed by atoms with Crippen molar-refractivity contribution in [1.82, 2.24) is 4.09 Å². The molecule has 4 heteroatoms. The number of hydrogen-bond acceptors (Lipinski definition) is 1. The van der Waals surface area contributed by atoms with Crippen LogP contribution < -0.4 is 5.73 Å². The number of rotatable bonds is 1. The van der Waals surface area contributed by atoms with Crippen molar-refractivity contribution in [3.63, 3.8) is 0 Å². The lowest BCUT2D eigenvalue weighted by atomic mass is 10.4. The van der Waals surface area contributed by atoms with Gasteiger partial charge in [-0.15, -0.1) is 0 Å². The monoisotopic (exact) mass is 144 g/mol. The molecular weight excluding hydrogens is 140 g/mol. The summed E-state index contributed by atoms with van der Waals surface area (Å²) in [4.78, 5) is 10.4. The first-order valence-corrected chi connectivity index (χ1v) is 2.69. The van der Waals surface area contributed by atoms with Crippen LogP contribution in [0.1, 0.15) is 10.5 Å². The van der Waals surface area contributed by atoms with E-state index >= 15 is 0 Å². The highest BCUT2D eigenvalue weighted by molar-refractivity contribution is 6.18. The molecule has 0 aromatic carbocycles. The number of aromatic nitrogens is 1. The van der Waals surface area contributed by atoms with E-state index < -0.39 is 5.91 Å². The predicted octanol–water partition coefficient (Wildman–Crippen LogP) is 0.589. The molecule has 0 saturated carbocycles. The van der Waals surface area contributed by atoms with Crippen LogP contribution in [-0.2, 0) is 0 Å². The van der Waals surface area contributed by atoms with Gasteiger partial charge in [-0.05, 0) is 12.1 Å². The number of halogens is 1. The van der Waals surface area contributed by atoms with Gasteiger partial charge in [0.25, 0.3) is 5.91 Å². The fourth-order valence-electron chi connectivity index (χ4n) is 0.549. The first-order valence-electron chi connectivity index (χ1n) is 2.35. The Morgan fingerprint density at radius 1 is 1.78 bits per heavy atom. The molecule has 1 heterocycles. The van der Waals surface area contributed by atoms with E-state index in [1.165, 1.54) is 0 Å². The van der Waals surface area contributed by atoms with E-state index in [0.29, 0.717) is 5.69 Å². The van der Waals surface area contributed by atoms with Gasteiger partial charge in [-0.2, -0.15) is 0 Å². The molecule has 9 heavy (non-hydrogen) atoms. The summed E-state index contributed by atoms with van der Waals surface area (Å²) in [5, 5.41) is 0. The minimum Gasteiger partial charge on any atom is -0.364 e. The van der Waals surface area contributed by atoms with E-state index in [1.807, 2.05) is 0 Å². The van der Waals surface area contributed by atoms with E-state index in [0.717, 1.165) is 4.09 Å². The molecule has 0 radical (unpaired) electrons. The zero-order valence-electron chi connectivity index (χ0n) is 4.54. The number of carbonyl (C=O) groups is 1. The topological polar surface area (TPSA) is 48.0 Å². The van der Waals surface area contributed by atoms with Gasteiger partial charge in [0.15, 0.2) is 0 Å². The number of nitrogens with zero attached hydrogens (tertiary/aromatic N) is 1. The predicted molar refractivity (Wildman–Crippen MR) is 34.2 cm³/mol. The van der Waals surface area contributed by atoms with Crippen molar-refractivity contribution in [3.05, 3.63) is 24.0 Å². The van der Waals surface area contributed by atoms with Gasteiger partial charge >= 0.3 is 0 Å². The second kappa shape index (κ2) is 2.11. The Balaban J connectivity index is 3.08. The molecule has 1 aromatic rings. The van der Waals surface area contributed by atoms with E-state index in [2.05, 4.69) is 0 Å². The highest BCUT2D eigenvalue weighted by atomic mass is 35.5. The molecule has 0 unspecified atom stereocenters. The minimum atomic E-state index is -0.519. The van der Waals surface area contributed by atoms with Gasteiger partial charge in [-0.3, -0.25) is 8.88 Å². The van der Waals surface area contributed by atoms with Crippen LogP contribution in [0.4, 0.5) is 0 Å². The minimum absolute atomic E-state index is 0.302. The Morgan fingerprint density at radius 3 is 2.67 bits per heavy atom. The lowest BCUT2D eigenvalue weighted by molar-refractivity contribution is 0.0995. The SMILES string of the molecule is NC(=O)c1cccn1Cl. The molecule has 1 rings (SSSR count). The van der Waals surface area contributed by atoms with Crippen molar-refractivity contribution in [3.8, 4) is 0 Å². The van der Waals surface area contributed by atoms with Crippen LogP contribution in [0.2, 0.25) is 0 Å². The number of primary amides is 1. The first-order chi connectivity index (χ1) is 4.22. The average molecular weight is 145 g/mol. The van der Waals surface area contributed by atoms with Gasteiger partial charge in [0.1, 0.15) is 5.69 Å². The lowest BCUT2D eigenvalue weighted by Crippen LogP contribution is -2.12. The van der Waals surface area contributed by atoms with Gasteiger partial charge in [-0.25, -0.2) is 0 Å². The molecule has 3 nitrogen and oxygen atoms in total. The third-order valence-corrected chi connectivity index (χ3v) is 1.25. The van der Waals surface area contributed by atoms with Gasteiger partial charge in [0.05, 0.1) is 0 Å². The van der Waals surface area contributed by atoms with Gasteiger partial charge in [-0.1, -0.05) is 0 Å². The van der Waals surface area contributed by atoms with Crippen LogP contribution >= 0.6 is 11.8 Å². The molecular formula is C5H5ClN2O. The molecule has 0 aliphatic rings. The Hall–Kier alpha value is -0.960. The maximum absolute atomic E-state index is 10.4. The average Bonchev–Trinajstić information content (AvgIpc) is 2.13. The van der Waals surface area contributed by atoms with E-state index in [-0.39, 0.29) is 0 Å². The van der Waals surface area contributed by atoms with E-state index in [4.69, 9.17) is 17.5 Å². The van der Waals surface area contributed by atoms with Crippen LogP contribution in [0.5, 0.6) is 0 Å².